The van der Waals surface area contributed by atoms with Crippen molar-refractivity contribution in [2.24, 2.45) is 0 Å². The van der Waals surface area contributed by atoms with Crippen LogP contribution in [0.5, 0.6) is 5.75 Å². The van der Waals surface area contributed by atoms with Crippen LogP contribution < -0.4 is 4.74 Å². The molecule has 1 saturated heterocycles. The minimum Gasteiger partial charge on any atom is -0.497 e. The molecular formula is C22H35N3O3. The van der Waals surface area contributed by atoms with Crippen LogP contribution >= 0.6 is 0 Å². The molecule has 6 nitrogen and oxygen atoms in total. The number of ether oxygens (including phenoxy) is 1. The summed E-state index contributed by atoms with van der Waals surface area (Å²) < 4.78 is 5.19. The van der Waals surface area contributed by atoms with Gasteiger partial charge in [-0.1, -0.05) is 32.9 Å². The van der Waals surface area contributed by atoms with Crippen LogP contribution in [0.3, 0.4) is 0 Å². The summed E-state index contributed by atoms with van der Waals surface area (Å²) in [5.74, 6) is 1.35. The quantitative estimate of drug-likeness (QED) is 0.651. The molecule has 1 aromatic rings. The number of amides is 2. The van der Waals surface area contributed by atoms with Crippen LogP contribution in [0.25, 0.3) is 0 Å². The Morgan fingerprint density at radius 1 is 1.00 bits per heavy atom. The van der Waals surface area contributed by atoms with Gasteiger partial charge in [-0.25, -0.2) is 0 Å². The minimum absolute atomic E-state index is 0.159. The highest BCUT2D eigenvalue weighted by atomic mass is 16.5. The highest BCUT2D eigenvalue weighted by Crippen LogP contribution is 2.23. The Morgan fingerprint density at radius 2 is 1.54 bits per heavy atom. The van der Waals surface area contributed by atoms with Gasteiger partial charge >= 0.3 is 0 Å². The van der Waals surface area contributed by atoms with Crippen molar-refractivity contribution in [3.8, 4) is 5.75 Å². The molecule has 0 spiro atoms. The standard InChI is InChI=1S/C22H35N3O3/c1-5-23(6-2)12-11-21(26)24-13-15-25(16-14-24)22(27)17-18(3)19-7-9-20(28-4)10-8-19/h7-10,18H,5-6,11-17H2,1-4H3. The van der Waals surface area contributed by atoms with Crippen LogP contribution in [0, 0.1) is 0 Å². The van der Waals surface area contributed by atoms with Crippen LogP contribution in [0.4, 0.5) is 0 Å². The second-order valence-corrected chi connectivity index (χ2v) is 7.42. The van der Waals surface area contributed by atoms with Gasteiger partial charge in [0.25, 0.3) is 0 Å². The maximum absolute atomic E-state index is 12.7. The van der Waals surface area contributed by atoms with Crippen LogP contribution in [-0.4, -0.2) is 79.4 Å². The lowest BCUT2D eigenvalue weighted by atomic mass is 9.97. The molecule has 0 bridgehead atoms. The minimum atomic E-state index is 0.159. The number of hydrogen-bond donors (Lipinski definition) is 0. The summed E-state index contributed by atoms with van der Waals surface area (Å²) in [5, 5.41) is 0. The van der Waals surface area contributed by atoms with Crippen LogP contribution in [0.15, 0.2) is 24.3 Å². The highest BCUT2D eigenvalue weighted by Gasteiger charge is 2.25. The SMILES string of the molecule is CCN(CC)CCC(=O)N1CCN(C(=O)CC(C)c2ccc(OC)cc2)CC1. The van der Waals surface area contributed by atoms with E-state index in [4.69, 9.17) is 4.74 Å². The van der Waals surface area contributed by atoms with E-state index in [1.54, 1.807) is 7.11 Å². The molecule has 0 aliphatic carbocycles. The number of piperazine rings is 1. The predicted octanol–water partition coefficient (Wildman–Crippen LogP) is 2.59. The molecule has 156 valence electrons. The first-order valence-electron chi connectivity index (χ1n) is 10.4. The number of hydrogen-bond acceptors (Lipinski definition) is 4. The molecule has 0 radical (unpaired) electrons. The lowest BCUT2D eigenvalue weighted by Crippen LogP contribution is -2.51. The first-order chi connectivity index (χ1) is 13.5. The number of carbonyl (C=O) groups is 2. The summed E-state index contributed by atoms with van der Waals surface area (Å²) in [6.07, 6.45) is 1.05. The van der Waals surface area contributed by atoms with Crippen LogP contribution in [0.2, 0.25) is 0 Å². The molecule has 1 aliphatic heterocycles. The van der Waals surface area contributed by atoms with E-state index in [0.29, 0.717) is 39.0 Å². The molecule has 1 fully saturated rings. The number of rotatable bonds is 9. The van der Waals surface area contributed by atoms with Gasteiger partial charge in [-0.2, -0.15) is 0 Å². The van der Waals surface area contributed by atoms with Gasteiger partial charge in [-0.3, -0.25) is 9.59 Å². The maximum atomic E-state index is 12.7. The topological polar surface area (TPSA) is 53.1 Å². The molecule has 0 saturated carbocycles. The van der Waals surface area contributed by atoms with E-state index in [0.717, 1.165) is 30.9 Å². The number of benzene rings is 1. The Morgan fingerprint density at radius 3 is 2.04 bits per heavy atom. The molecule has 6 heteroatoms. The van der Waals surface area contributed by atoms with Crippen LogP contribution in [-0.2, 0) is 9.59 Å². The zero-order valence-corrected chi connectivity index (χ0v) is 17.8. The lowest BCUT2D eigenvalue weighted by molar-refractivity contribution is -0.139. The zero-order chi connectivity index (χ0) is 20.5. The van der Waals surface area contributed by atoms with Gasteiger partial charge < -0.3 is 19.4 Å². The first-order valence-corrected chi connectivity index (χ1v) is 10.4. The Bertz CT molecular complexity index is 620. The van der Waals surface area contributed by atoms with E-state index in [9.17, 15) is 9.59 Å². The average Bonchev–Trinajstić information content (AvgIpc) is 2.74. The monoisotopic (exact) mass is 389 g/mol. The molecule has 2 rings (SSSR count). The van der Waals surface area contributed by atoms with E-state index in [1.807, 2.05) is 34.1 Å². The Labute approximate surface area is 169 Å². The molecule has 0 N–H and O–H groups in total. The molecule has 1 aliphatic rings. The molecule has 0 aromatic heterocycles. The highest BCUT2D eigenvalue weighted by molar-refractivity contribution is 5.79. The molecule has 1 atom stereocenters. The Kier molecular flexibility index (Phi) is 8.77. The van der Waals surface area contributed by atoms with Gasteiger partial charge in [-0.05, 0) is 36.7 Å². The molecule has 1 unspecified atom stereocenters. The van der Waals surface area contributed by atoms with Gasteiger partial charge in [0.1, 0.15) is 5.75 Å². The number of nitrogens with zero attached hydrogens (tertiary/aromatic N) is 3. The largest absolute Gasteiger partial charge is 0.497 e. The van der Waals surface area contributed by atoms with E-state index in [-0.39, 0.29) is 17.7 Å². The van der Waals surface area contributed by atoms with Crippen molar-refractivity contribution in [2.75, 3.05) is 52.9 Å². The van der Waals surface area contributed by atoms with E-state index >= 15 is 0 Å². The van der Waals surface area contributed by atoms with Gasteiger partial charge in [0.2, 0.25) is 11.8 Å². The second kappa shape index (κ2) is 11.1. The Hall–Kier alpha value is -2.08. The average molecular weight is 390 g/mol. The van der Waals surface area contributed by atoms with Crippen molar-refractivity contribution in [2.45, 2.75) is 39.5 Å². The third-order valence-corrected chi connectivity index (χ3v) is 5.69. The maximum Gasteiger partial charge on any atom is 0.223 e. The summed E-state index contributed by atoms with van der Waals surface area (Å²) in [6, 6.07) is 7.89. The summed E-state index contributed by atoms with van der Waals surface area (Å²) in [5.41, 5.74) is 1.14. The lowest BCUT2D eigenvalue weighted by Gasteiger charge is -2.35. The van der Waals surface area contributed by atoms with Gasteiger partial charge in [-0.15, -0.1) is 0 Å². The normalized spacial score (nSPS) is 15.6. The predicted molar refractivity (Wildman–Crippen MR) is 112 cm³/mol. The smallest absolute Gasteiger partial charge is 0.223 e. The van der Waals surface area contributed by atoms with Crippen molar-refractivity contribution in [1.29, 1.82) is 0 Å². The van der Waals surface area contributed by atoms with Gasteiger partial charge in [0, 0.05) is 45.6 Å². The summed E-state index contributed by atoms with van der Waals surface area (Å²) in [4.78, 5) is 31.1. The molecular weight excluding hydrogens is 354 g/mol. The fraction of sp³-hybridized carbons (Fsp3) is 0.636. The fourth-order valence-corrected chi connectivity index (χ4v) is 3.60. The number of methoxy groups -OCH3 is 1. The van der Waals surface area contributed by atoms with Crippen molar-refractivity contribution in [3.05, 3.63) is 29.8 Å². The van der Waals surface area contributed by atoms with Crippen molar-refractivity contribution in [3.63, 3.8) is 0 Å². The second-order valence-electron chi connectivity index (χ2n) is 7.42. The summed E-state index contributed by atoms with van der Waals surface area (Å²) in [6.45, 7) is 11.6. The summed E-state index contributed by atoms with van der Waals surface area (Å²) >= 11 is 0. The fourth-order valence-electron chi connectivity index (χ4n) is 3.60. The van der Waals surface area contributed by atoms with Crippen molar-refractivity contribution >= 4 is 11.8 Å². The molecule has 1 heterocycles. The third kappa shape index (κ3) is 6.23. The molecule has 28 heavy (non-hydrogen) atoms. The zero-order valence-electron chi connectivity index (χ0n) is 17.8. The Balaban J connectivity index is 1.77. The molecule has 2 amide bonds. The number of carbonyl (C=O) groups excluding carboxylic acids is 2. The van der Waals surface area contributed by atoms with Crippen molar-refractivity contribution in [1.82, 2.24) is 14.7 Å². The van der Waals surface area contributed by atoms with Crippen molar-refractivity contribution < 1.29 is 14.3 Å². The summed E-state index contributed by atoms with van der Waals surface area (Å²) in [7, 11) is 1.65. The van der Waals surface area contributed by atoms with E-state index in [1.165, 1.54) is 0 Å². The first kappa shape index (κ1) is 22.2. The van der Waals surface area contributed by atoms with E-state index < -0.39 is 0 Å². The van der Waals surface area contributed by atoms with Crippen LogP contribution in [0.1, 0.15) is 45.1 Å². The third-order valence-electron chi connectivity index (χ3n) is 5.69. The molecule has 1 aromatic carbocycles. The van der Waals surface area contributed by atoms with E-state index in [2.05, 4.69) is 25.7 Å². The van der Waals surface area contributed by atoms with Gasteiger partial charge in [0.05, 0.1) is 7.11 Å². The van der Waals surface area contributed by atoms with Gasteiger partial charge in [0.15, 0.2) is 0 Å².